The van der Waals surface area contributed by atoms with Crippen molar-refractivity contribution in [2.24, 2.45) is 0 Å². The van der Waals surface area contributed by atoms with Crippen LogP contribution in [0.4, 0.5) is 4.39 Å². The molecule has 68 valence electrons. The molecule has 0 aliphatic rings. The van der Waals surface area contributed by atoms with Gasteiger partial charge in [0.25, 0.3) is 0 Å². The first-order valence-electron chi connectivity index (χ1n) is 3.97. The average Bonchev–Trinajstić information content (AvgIpc) is 2.49. The number of para-hydroxylation sites is 1. The highest BCUT2D eigenvalue weighted by atomic mass is 32.2. The van der Waals surface area contributed by atoms with E-state index in [1.807, 2.05) is 18.4 Å². The van der Waals surface area contributed by atoms with Gasteiger partial charge in [-0.1, -0.05) is 12.1 Å². The van der Waals surface area contributed by atoms with E-state index < -0.39 is 0 Å². The number of hydrogen-bond acceptors (Lipinski definition) is 2. The van der Waals surface area contributed by atoms with Crippen LogP contribution in [-0.2, 0) is 5.75 Å². The third-order valence-electron chi connectivity index (χ3n) is 1.83. The minimum atomic E-state index is -0.287. The molecule has 0 aliphatic carbocycles. The largest absolute Gasteiger partial charge is 0.457 e. The molecule has 0 amide bonds. The van der Waals surface area contributed by atoms with Crippen LogP contribution in [0.5, 0.6) is 0 Å². The lowest BCUT2D eigenvalue weighted by Crippen LogP contribution is -1.71. The molecule has 2 rings (SSSR count). The van der Waals surface area contributed by atoms with Crippen LogP contribution in [0.25, 0.3) is 11.0 Å². The Morgan fingerprint density at radius 3 is 3.00 bits per heavy atom. The molecule has 0 unspecified atom stereocenters. The van der Waals surface area contributed by atoms with Gasteiger partial charge in [-0.3, -0.25) is 0 Å². The highest BCUT2D eigenvalue weighted by molar-refractivity contribution is 7.97. The first-order chi connectivity index (χ1) is 6.31. The highest BCUT2D eigenvalue weighted by Crippen LogP contribution is 2.23. The SMILES string of the molecule is CSCc1cc2cccc(F)c2o1. The van der Waals surface area contributed by atoms with Crippen molar-refractivity contribution in [1.82, 2.24) is 0 Å². The molecule has 3 heteroatoms. The van der Waals surface area contributed by atoms with Crippen LogP contribution in [0.3, 0.4) is 0 Å². The van der Waals surface area contributed by atoms with Crippen LogP contribution >= 0.6 is 11.8 Å². The molecule has 0 bridgehead atoms. The van der Waals surface area contributed by atoms with Crippen LogP contribution in [0.2, 0.25) is 0 Å². The van der Waals surface area contributed by atoms with Gasteiger partial charge >= 0.3 is 0 Å². The average molecular weight is 196 g/mol. The Kier molecular flexibility index (Phi) is 2.27. The van der Waals surface area contributed by atoms with Crippen LogP contribution < -0.4 is 0 Å². The first kappa shape index (κ1) is 8.63. The fourth-order valence-corrected chi connectivity index (χ4v) is 1.72. The van der Waals surface area contributed by atoms with E-state index in [1.165, 1.54) is 6.07 Å². The smallest absolute Gasteiger partial charge is 0.169 e. The lowest BCUT2D eigenvalue weighted by Gasteiger charge is -1.89. The molecule has 2 aromatic rings. The zero-order chi connectivity index (χ0) is 9.26. The van der Waals surface area contributed by atoms with Crippen molar-refractivity contribution in [3.63, 3.8) is 0 Å². The summed E-state index contributed by atoms with van der Waals surface area (Å²) in [5.41, 5.74) is 0.367. The zero-order valence-corrected chi connectivity index (χ0v) is 8.03. The summed E-state index contributed by atoms with van der Waals surface area (Å²) in [4.78, 5) is 0. The monoisotopic (exact) mass is 196 g/mol. The number of furan rings is 1. The van der Waals surface area contributed by atoms with Crippen molar-refractivity contribution in [2.45, 2.75) is 5.75 Å². The highest BCUT2D eigenvalue weighted by Gasteiger charge is 2.06. The van der Waals surface area contributed by atoms with Crippen molar-refractivity contribution < 1.29 is 8.81 Å². The van der Waals surface area contributed by atoms with Gasteiger partial charge in [-0.15, -0.1) is 0 Å². The standard InChI is InChI=1S/C10H9FOS/c1-13-6-8-5-7-3-2-4-9(11)10(7)12-8/h2-5H,6H2,1H3. The molecule has 1 aromatic carbocycles. The molecule has 0 spiro atoms. The van der Waals surface area contributed by atoms with Gasteiger partial charge in [-0.2, -0.15) is 11.8 Å². The summed E-state index contributed by atoms with van der Waals surface area (Å²) < 4.78 is 18.5. The molecule has 0 atom stereocenters. The summed E-state index contributed by atoms with van der Waals surface area (Å²) in [6.07, 6.45) is 1.99. The number of hydrogen-bond donors (Lipinski definition) is 0. The van der Waals surface area contributed by atoms with Crippen molar-refractivity contribution in [3.8, 4) is 0 Å². The normalized spacial score (nSPS) is 10.9. The summed E-state index contributed by atoms with van der Waals surface area (Å²) in [6.45, 7) is 0. The van der Waals surface area contributed by atoms with Gasteiger partial charge in [0.1, 0.15) is 5.76 Å². The van der Waals surface area contributed by atoms with E-state index in [4.69, 9.17) is 4.42 Å². The van der Waals surface area contributed by atoms with E-state index in [-0.39, 0.29) is 5.82 Å². The second kappa shape index (κ2) is 3.42. The molecule has 0 radical (unpaired) electrons. The van der Waals surface area contributed by atoms with Gasteiger partial charge in [0.15, 0.2) is 11.4 Å². The van der Waals surface area contributed by atoms with E-state index in [1.54, 1.807) is 17.8 Å². The van der Waals surface area contributed by atoms with Crippen molar-refractivity contribution in [3.05, 3.63) is 35.8 Å². The molecule has 0 fully saturated rings. The summed E-state index contributed by atoms with van der Waals surface area (Å²) in [5, 5.41) is 0.837. The molecular weight excluding hydrogens is 187 g/mol. The predicted molar refractivity (Wildman–Crippen MR) is 53.4 cm³/mol. The lowest BCUT2D eigenvalue weighted by atomic mass is 10.2. The van der Waals surface area contributed by atoms with E-state index in [0.29, 0.717) is 5.58 Å². The molecule has 1 nitrogen and oxygen atoms in total. The topological polar surface area (TPSA) is 13.1 Å². The summed E-state index contributed by atoms with van der Waals surface area (Å²) in [5.74, 6) is 1.33. The van der Waals surface area contributed by atoms with E-state index in [0.717, 1.165) is 16.9 Å². The van der Waals surface area contributed by atoms with Crippen LogP contribution in [0.15, 0.2) is 28.7 Å². The maximum atomic E-state index is 13.1. The van der Waals surface area contributed by atoms with Crippen molar-refractivity contribution >= 4 is 22.7 Å². The maximum Gasteiger partial charge on any atom is 0.169 e. The molecular formula is C10H9FOS. The van der Waals surface area contributed by atoms with E-state index in [2.05, 4.69) is 0 Å². The maximum absolute atomic E-state index is 13.1. The Labute approximate surface area is 79.9 Å². The number of thioether (sulfide) groups is 1. The molecule has 0 saturated heterocycles. The third kappa shape index (κ3) is 1.56. The Bertz CT molecular complexity index is 422. The predicted octanol–water partition coefficient (Wildman–Crippen LogP) is 3.43. The minimum Gasteiger partial charge on any atom is -0.457 e. The first-order valence-corrected chi connectivity index (χ1v) is 5.36. The zero-order valence-electron chi connectivity index (χ0n) is 7.21. The van der Waals surface area contributed by atoms with Gasteiger partial charge < -0.3 is 4.42 Å². The Morgan fingerprint density at radius 1 is 1.46 bits per heavy atom. The van der Waals surface area contributed by atoms with Gasteiger partial charge in [0.05, 0.1) is 5.75 Å². The molecule has 0 N–H and O–H groups in total. The number of rotatable bonds is 2. The van der Waals surface area contributed by atoms with Gasteiger partial charge in [0.2, 0.25) is 0 Å². The minimum absolute atomic E-state index is 0.287. The fraction of sp³-hybridized carbons (Fsp3) is 0.200. The Morgan fingerprint density at radius 2 is 2.31 bits per heavy atom. The van der Waals surface area contributed by atoms with Crippen LogP contribution in [0, 0.1) is 5.82 Å². The molecule has 13 heavy (non-hydrogen) atoms. The summed E-state index contributed by atoms with van der Waals surface area (Å²) in [7, 11) is 0. The van der Waals surface area contributed by atoms with Gasteiger partial charge in [0, 0.05) is 5.39 Å². The summed E-state index contributed by atoms with van der Waals surface area (Å²) >= 11 is 1.66. The Hall–Kier alpha value is -0.960. The number of benzene rings is 1. The van der Waals surface area contributed by atoms with Crippen molar-refractivity contribution in [2.75, 3.05) is 6.26 Å². The number of halogens is 1. The quantitative estimate of drug-likeness (QED) is 0.730. The van der Waals surface area contributed by atoms with Crippen molar-refractivity contribution in [1.29, 1.82) is 0 Å². The van der Waals surface area contributed by atoms with Crippen LogP contribution in [0.1, 0.15) is 5.76 Å². The summed E-state index contributed by atoms with van der Waals surface area (Å²) in [6, 6.07) is 6.84. The molecule has 0 aliphatic heterocycles. The lowest BCUT2D eigenvalue weighted by molar-refractivity contribution is 0.536. The number of fused-ring (bicyclic) bond motifs is 1. The van der Waals surface area contributed by atoms with E-state index >= 15 is 0 Å². The van der Waals surface area contributed by atoms with Crippen LogP contribution in [-0.4, -0.2) is 6.26 Å². The Balaban J connectivity index is 2.55. The molecule has 0 saturated carbocycles. The third-order valence-corrected chi connectivity index (χ3v) is 2.41. The van der Waals surface area contributed by atoms with Gasteiger partial charge in [-0.05, 0) is 18.4 Å². The molecule has 1 heterocycles. The fourth-order valence-electron chi connectivity index (χ4n) is 1.29. The van der Waals surface area contributed by atoms with Gasteiger partial charge in [-0.25, -0.2) is 4.39 Å². The second-order valence-corrected chi connectivity index (χ2v) is 3.67. The molecule has 1 aromatic heterocycles. The van der Waals surface area contributed by atoms with E-state index in [9.17, 15) is 4.39 Å². The second-order valence-electron chi connectivity index (χ2n) is 2.80.